The van der Waals surface area contributed by atoms with E-state index in [4.69, 9.17) is 14.2 Å². The lowest BCUT2D eigenvalue weighted by atomic mass is 9.91. The van der Waals surface area contributed by atoms with E-state index in [1.807, 2.05) is 42.5 Å². The van der Waals surface area contributed by atoms with Crippen molar-refractivity contribution in [2.45, 2.75) is 31.5 Å². The number of hydrogen-bond donors (Lipinski definition) is 0. The number of carbonyl (C=O) groups is 3. The predicted octanol–water partition coefficient (Wildman–Crippen LogP) is 6.69. The Hall–Kier alpha value is -4.40. The molecule has 0 bridgehead atoms. The highest BCUT2D eigenvalue weighted by Gasteiger charge is 2.38. The van der Waals surface area contributed by atoms with E-state index in [0.717, 1.165) is 23.3 Å². The van der Waals surface area contributed by atoms with Crippen molar-refractivity contribution in [1.82, 2.24) is 0 Å². The van der Waals surface area contributed by atoms with E-state index in [1.54, 1.807) is 18.2 Å². The normalized spacial score (nSPS) is 18.7. The zero-order chi connectivity index (χ0) is 29.4. The third kappa shape index (κ3) is 8.06. The molecule has 1 saturated carbocycles. The second-order valence-electron chi connectivity index (χ2n) is 9.72. The summed E-state index contributed by atoms with van der Waals surface area (Å²) in [6.45, 7) is -0.482. The number of ether oxygens (including phenoxy) is 3. The van der Waals surface area contributed by atoms with Gasteiger partial charge in [-0.2, -0.15) is 13.2 Å². The van der Waals surface area contributed by atoms with Crippen LogP contribution in [0.5, 0.6) is 5.75 Å². The average molecular weight is 567 g/mol. The summed E-state index contributed by atoms with van der Waals surface area (Å²) in [7, 11) is 1.29. The molecule has 1 fully saturated rings. The van der Waals surface area contributed by atoms with Gasteiger partial charge in [-0.15, -0.1) is 0 Å². The van der Waals surface area contributed by atoms with Crippen molar-refractivity contribution in [2.75, 3.05) is 13.7 Å². The number of esters is 2. The van der Waals surface area contributed by atoms with Crippen molar-refractivity contribution < 1.29 is 41.8 Å². The Labute approximate surface area is 235 Å². The maximum absolute atomic E-state index is 13.0. The molecule has 0 saturated heterocycles. The molecule has 0 amide bonds. The van der Waals surface area contributed by atoms with Gasteiger partial charge in [0.05, 0.1) is 18.2 Å². The second-order valence-corrected chi connectivity index (χ2v) is 9.72. The van der Waals surface area contributed by atoms with E-state index in [2.05, 4.69) is 0 Å². The fraction of sp³-hybridized carbons (Fsp3) is 0.281. The van der Waals surface area contributed by atoms with Crippen molar-refractivity contribution in [1.29, 1.82) is 0 Å². The minimum atomic E-state index is -4.53. The number of halogens is 3. The highest BCUT2D eigenvalue weighted by molar-refractivity contribution is 5.91. The topological polar surface area (TPSA) is 78.9 Å². The molecule has 1 aliphatic rings. The molecule has 214 valence electrons. The fourth-order valence-electron chi connectivity index (χ4n) is 4.84. The molecule has 9 heteroatoms. The smallest absolute Gasteiger partial charge is 0.416 e. The van der Waals surface area contributed by atoms with Crippen LogP contribution in [-0.4, -0.2) is 37.5 Å². The molecule has 4 rings (SSSR count). The highest BCUT2D eigenvalue weighted by Crippen LogP contribution is 2.38. The van der Waals surface area contributed by atoms with Crippen LogP contribution in [0.25, 0.3) is 11.1 Å². The Morgan fingerprint density at radius 2 is 1.61 bits per heavy atom. The molecule has 3 aromatic carbocycles. The number of benzene rings is 3. The maximum Gasteiger partial charge on any atom is 0.416 e. The van der Waals surface area contributed by atoms with Crippen LogP contribution in [0.2, 0.25) is 0 Å². The number of methoxy groups -OCH3 is 1. The monoisotopic (exact) mass is 566 g/mol. The van der Waals surface area contributed by atoms with Crippen LogP contribution in [0.3, 0.4) is 0 Å². The molecule has 0 spiro atoms. The number of rotatable bonds is 10. The van der Waals surface area contributed by atoms with Crippen molar-refractivity contribution in [3.05, 3.63) is 102 Å². The molecule has 1 aliphatic carbocycles. The first-order chi connectivity index (χ1) is 19.6. The highest BCUT2D eigenvalue weighted by atomic mass is 19.4. The molecule has 0 N–H and O–H groups in total. The first-order valence-corrected chi connectivity index (χ1v) is 13.1. The zero-order valence-electron chi connectivity index (χ0n) is 22.3. The molecule has 3 aromatic rings. The minimum absolute atomic E-state index is 0.0836. The summed E-state index contributed by atoms with van der Waals surface area (Å²) in [6.07, 6.45) is -1.14. The van der Waals surface area contributed by atoms with Gasteiger partial charge in [-0.25, -0.2) is 4.79 Å². The summed E-state index contributed by atoms with van der Waals surface area (Å²) in [5.74, 6) is -2.20. The Morgan fingerprint density at radius 1 is 0.902 bits per heavy atom. The Balaban J connectivity index is 1.41. The third-order valence-electron chi connectivity index (χ3n) is 6.99. The molecular formula is C32H29F3O6. The van der Waals surface area contributed by atoms with Crippen LogP contribution in [0.15, 0.2) is 91.0 Å². The first kappa shape index (κ1) is 29.6. The van der Waals surface area contributed by atoms with Gasteiger partial charge in [-0.1, -0.05) is 54.6 Å². The van der Waals surface area contributed by atoms with Gasteiger partial charge in [-0.3, -0.25) is 9.59 Å². The van der Waals surface area contributed by atoms with Crippen molar-refractivity contribution in [3.8, 4) is 16.9 Å². The van der Waals surface area contributed by atoms with Crippen LogP contribution in [0.4, 0.5) is 13.2 Å². The van der Waals surface area contributed by atoms with Crippen LogP contribution in [-0.2, 0) is 25.2 Å². The summed E-state index contributed by atoms with van der Waals surface area (Å²) in [5.41, 5.74) is 1.46. The van der Waals surface area contributed by atoms with Gasteiger partial charge < -0.3 is 14.2 Å². The molecule has 0 radical (unpaired) electrons. The summed E-state index contributed by atoms with van der Waals surface area (Å²) in [5, 5.41) is 0. The number of carbonyl (C=O) groups excluding carboxylic acids is 3. The minimum Gasteiger partial charge on any atom is -0.485 e. The predicted molar refractivity (Wildman–Crippen MR) is 145 cm³/mol. The maximum atomic E-state index is 13.0. The summed E-state index contributed by atoms with van der Waals surface area (Å²) >= 11 is 0. The molecule has 6 nitrogen and oxygen atoms in total. The Bertz CT molecular complexity index is 1380. The van der Waals surface area contributed by atoms with E-state index in [-0.39, 0.29) is 18.1 Å². The molecule has 3 atom stereocenters. The van der Waals surface area contributed by atoms with Crippen LogP contribution >= 0.6 is 0 Å². The average Bonchev–Trinajstić information content (AvgIpc) is 3.35. The molecule has 3 unspecified atom stereocenters. The van der Waals surface area contributed by atoms with Crippen LogP contribution in [0, 0.1) is 11.8 Å². The number of hydrogen-bond acceptors (Lipinski definition) is 6. The van der Waals surface area contributed by atoms with E-state index in [1.165, 1.54) is 25.3 Å². The lowest BCUT2D eigenvalue weighted by molar-refractivity contribution is -0.142. The quantitative estimate of drug-likeness (QED) is 0.201. The van der Waals surface area contributed by atoms with Gasteiger partial charge >= 0.3 is 18.1 Å². The summed E-state index contributed by atoms with van der Waals surface area (Å²) < 4.78 is 54.7. The molecular weight excluding hydrogens is 537 g/mol. The molecule has 0 heterocycles. The van der Waals surface area contributed by atoms with Crippen LogP contribution < -0.4 is 4.74 Å². The van der Waals surface area contributed by atoms with Crippen molar-refractivity contribution >= 4 is 17.7 Å². The van der Waals surface area contributed by atoms with E-state index >= 15 is 0 Å². The second kappa shape index (κ2) is 13.3. The van der Waals surface area contributed by atoms with Gasteiger partial charge in [0.1, 0.15) is 11.9 Å². The summed E-state index contributed by atoms with van der Waals surface area (Å²) in [4.78, 5) is 37.5. The molecule has 41 heavy (non-hydrogen) atoms. The Morgan fingerprint density at radius 3 is 2.29 bits per heavy atom. The van der Waals surface area contributed by atoms with Gasteiger partial charge in [0.25, 0.3) is 0 Å². The van der Waals surface area contributed by atoms with Gasteiger partial charge in [0.2, 0.25) is 0 Å². The molecule has 0 aliphatic heterocycles. The van der Waals surface area contributed by atoms with E-state index in [0.29, 0.717) is 18.4 Å². The first-order valence-electron chi connectivity index (χ1n) is 13.1. The number of alkyl halides is 3. The van der Waals surface area contributed by atoms with Crippen molar-refractivity contribution in [3.63, 3.8) is 0 Å². The molecule has 0 aromatic heterocycles. The van der Waals surface area contributed by atoms with E-state index < -0.39 is 48.1 Å². The lowest BCUT2D eigenvalue weighted by Crippen LogP contribution is -2.25. The zero-order valence-corrected chi connectivity index (χ0v) is 22.3. The standard InChI is InChI=1S/C32H29F3O6/c1-39-30(37)18-24-14-17-29(41-31(38)23-12-10-22(11-13-23)21-6-3-2-4-7-21)28(24)16-15-26(36)20-40-27-9-5-8-25(19-27)32(33,34)35/h2-13,15-16,19,24,28-29H,14,17-18,20H2,1H3. The van der Waals surface area contributed by atoms with Crippen LogP contribution in [0.1, 0.15) is 35.2 Å². The van der Waals surface area contributed by atoms with Gasteiger partial charge in [0.15, 0.2) is 12.4 Å². The van der Waals surface area contributed by atoms with Crippen molar-refractivity contribution in [2.24, 2.45) is 11.8 Å². The van der Waals surface area contributed by atoms with Gasteiger partial charge in [0, 0.05) is 12.3 Å². The number of ketones is 1. The lowest BCUT2D eigenvalue weighted by Gasteiger charge is -2.21. The SMILES string of the molecule is COC(=O)CC1CCC(OC(=O)c2ccc(-c3ccccc3)cc2)C1C=CC(=O)COc1cccc(C(F)(F)F)c1. The Kier molecular flexibility index (Phi) is 9.60. The summed E-state index contributed by atoms with van der Waals surface area (Å²) in [6, 6.07) is 21.0. The van der Waals surface area contributed by atoms with Gasteiger partial charge in [-0.05, 0) is 66.3 Å². The fourth-order valence-corrected chi connectivity index (χ4v) is 4.84. The van der Waals surface area contributed by atoms with E-state index in [9.17, 15) is 27.6 Å². The third-order valence-corrected chi connectivity index (χ3v) is 6.99. The largest absolute Gasteiger partial charge is 0.485 e.